The first-order chi connectivity index (χ1) is 8.63. The smallest absolute Gasteiger partial charge is 0.438 e. The molecule has 0 bridgehead atoms. The van der Waals surface area contributed by atoms with Crippen LogP contribution in [0, 0.1) is 0 Å². The van der Waals surface area contributed by atoms with Crippen molar-refractivity contribution in [3.8, 4) is 0 Å². The Labute approximate surface area is 108 Å². The van der Waals surface area contributed by atoms with Gasteiger partial charge in [0.05, 0.1) is 12.8 Å². The highest BCUT2D eigenvalue weighted by molar-refractivity contribution is 5.85. The highest BCUT2D eigenvalue weighted by Gasteiger charge is 2.17. The van der Waals surface area contributed by atoms with Gasteiger partial charge in [-0.2, -0.15) is 5.06 Å². The van der Waals surface area contributed by atoms with Crippen molar-refractivity contribution in [2.45, 2.75) is 20.4 Å². The number of nitrogens with zero attached hydrogens (tertiary/aromatic N) is 2. The van der Waals surface area contributed by atoms with Gasteiger partial charge in [-0.3, -0.25) is 10.1 Å². The summed E-state index contributed by atoms with van der Waals surface area (Å²) in [5, 5.41) is 10.3. The quantitative estimate of drug-likeness (QED) is 0.646. The number of rotatable bonds is 5. The number of hydroxylamine groups is 1. The van der Waals surface area contributed by atoms with Gasteiger partial charge in [0.1, 0.15) is 0 Å². The minimum Gasteiger partial charge on any atom is -0.451 e. The Balaban J connectivity index is 2.95. The number of ether oxygens (including phenoxy) is 1. The summed E-state index contributed by atoms with van der Waals surface area (Å²) in [5.41, 5.74) is 1.34. The number of hydrogen-bond donors (Lipinski definition) is 1. The van der Waals surface area contributed by atoms with Crippen LogP contribution in [0.1, 0.15) is 19.4 Å². The van der Waals surface area contributed by atoms with E-state index in [1.54, 1.807) is 12.1 Å². The van der Waals surface area contributed by atoms with Crippen molar-refractivity contribution in [3.63, 3.8) is 0 Å². The van der Waals surface area contributed by atoms with Gasteiger partial charge in [0.25, 0.3) is 0 Å². The lowest BCUT2D eigenvalue weighted by Crippen LogP contribution is -2.29. The maximum absolute atomic E-state index is 11.3. The summed E-state index contributed by atoms with van der Waals surface area (Å²) in [4.78, 5) is 13.5. The number of carbonyl (C=O) groups excluding carboxylic acids is 1. The number of amides is 1. The molecule has 0 radical (unpaired) electrons. The fraction of sp³-hybridized carbons (Fsp3) is 0.462. The number of para-hydroxylation sites is 1. The Hall–Kier alpha value is -1.59. The van der Waals surface area contributed by atoms with Crippen molar-refractivity contribution >= 4 is 11.8 Å². The van der Waals surface area contributed by atoms with Crippen LogP contribution in [0.15, 0.2) is 24.3 Å². The fourth-order valence-electron chi connectivity index (χ4n) is 1.72. The molecule has 1 rings (SSSR count). The number of hydrogen-bond acceptors (Lipinski definition) is 4. The van der Waals surface area contributed by atoms with Crippen LogP contribution in [-0.4, -0.2) is 36.4 Å². The van der Waals surface area contributed by atoms with Gasteiger partial charge in [-0.25, -0.2) is 4.79 Å². The third kappa shape index (κ3) is 3.45. The minimum absolute atomic E-state index is 0.455. The maximum atomic E-state index is 11.3. The zero-order valence-corrected chi connectivity index (χ0v) is 11.1. The second-order valence-corrected chi connectivity index (χ2v) is 3.87. The summed E-state index contributed by atoms with van der Waals surface area (Å²) < 4.78 is 4.50. The molecule has 0 unspecified atom stereocenters. The summed E-state index contributed by atoms with van der Waals surface area (Å²) in [6, 6.07) is 7.23. The van der Waals surface area contributed by atoms with Crippen molar-refractivity contribution in [2.75, 3.05) is 25.3 Å². The van der Waals surface area contributed by atoms with Crippen LogP contribution in [0.5, 0.6) is 0 Å². The summed E-state index contributed by atoms with van der Waals surface area (Å²) in [6.07, 6.45) is -0.790. The van der Waals surface area contributed by atoms with E-state index in [1.165, 1.54) is 7.11 Å². The van der Waals surface area contributed by atoms with Crippen LogP contribution in [-0.2, 0) is 11.3 Å². The summed E-state index contributed by atoms with van der Waals surface area (Å²) in [7, 11) is 1.23. The van der Waals surface area contributed by atoms with E-state index in [2.05, 4.69) is 23.5 Å². The molecule has 1 aromatic rings. The third-order valence-corrected chi connectivity index (χ3v) is 2.86. The molecule has 1 amide bonds. The number of anilines is 1. The van der Waals surface area contributed by atoms with Crippen LogP contribution >= 0.6 is 0 Å². The molecule has 0 spiro atoms. The zero-order valence-electron chi connectivity index (χ0n) is 11.1. The molecule has 18 heavy (non-hydrogen) atoms. The normalized spacial score (nSPS) is 10.5. The molecule has 0 saturated heterocycles. The van der Waals surface area contributed by atoms with E-state index in [-0.39, 0.29) is 0 Å². The Morgan fingerprint density at radius 1 is 1.28 bits per heavy atom. The van der Waals surface area contributed by atoms with Crippen LogP contribution < -0.4 is 5.06 Å². The standard InChI is InChI=1S/C13H20N2O3/c1-4-14(5-2)10-11-8-6-7-9-12(11)15(17)13(16)18-3/h6-9,17H,4-5,10H2,1-3H3. The lowest BCUT2D eigenvalue weighted by Gasteiger charge is -2.22. The Morgan fingerprint density at radius 3 is 2.44 bits per heavy atom. The molecule has 0 fully saturated rings. The van der Waals surface area contributed by atoms with Gasteiger partial charge < -0.3 is 4.74 Å². The number of carbonyl (C=O) groups is 1. The molecule has 1 aromatic carbocycles. The van der Waals surface area contributed by atoms with Crippen molar-refractivity contribution < 1.29 is 14.7 Å². The summed E-state index contributed by atoms with van der Waals surface area (Å²) in [6.45, 7) is 6.65. The summed E-state index contributed by atoms with van der Waals surface area (Å²) >= 11 is 0. The van der Waals surface area contributed by atoms with Gasteiger partial charge in [-0.1, -0.05) is 32.0 Å². The largest absolute Gasteiger partial charge is 0.451 e. The number of benzene rings is 1. The molecule has 0 aliphatic heterocycles. The fourth-order valence-corrected chi connectivity index (χ4v) is 1.72. The molecule has 0 aromatic heterocycles. The Kier molecular flexibility index (Phi) is 5.61. The van der Waals surface area contributed by atoms with Crippen LogP contribution in [0.2, 0.25) is 0 Å². The average Bonchev–Trinajstić information content (AvgIpc) is 2.43. The van der Waals surface area contributed by atoms with Gasteiger partial charge in [0.2, 0.25) is 0 Å². The van der Waals surface area contributed by atoms with Crippen LogP contribution in [0.3, 0.4) is 0 Å². The molecule has 5 heteroatoms. The van der Waals surface area contributed by atoms with Gasteiger partial charge in [0, 0.05) is 6.54 Å². The lowest BCUT2D eigenvalue weighted by atomic mass is 10.1. The molecule has 5 nitrogen and oxygen atoms in total. The Bertz CT molecular complexity index is 392. The van der Waals surface area contributed by atoms with Gasteiger partial charge >= 0.3 is 6.09 Å². The van der Waals surface area contributed by atoms with E-state index in [9.17, 15) is 10.0 Å². The summed E-state index contributed by atoms with van der Waals surface area (Å²) in [5.74, 6) is 0. The molecule has 100 valence electrons. The van der Waals surface area contributed by atoms with E-state index in [0.717, 1.165) is 18.7 Å². The van der Waals surface area contributed by atoms with Crippen molar-refractivity contribution in [1.29, 1.82) is 0 Å². The first-order valence-corrected chi connectivity index (χ1v) is 6.01. The predicted octanol–water partition coefficient (Wildman–Crippen LogP) is 2.49. The molecular formula is C13H20N2O3. The van der Waals surface area contributed by atoms with E-state index >= 15 is 0 Å². The van der Waals surface area contributed by atoms with Gasteiger partial charge in [-0.05, 0) is 24.7 Å². The molecule has 1 N–H and O–H groups in total. The average molecular weight is 252 g/mol. The maximum Gasteiger partial charge on any atom is 0.438 e. The van der Waals surface area contributed by atoms with Crippen LogP contribution in [0.25, 0.3) is 0 Å². The van der Waals surface area contributed by atoms with E-state index in [4.69, 9.17) is 0 Å². The SMILES string of the molecule is CCN(CC)Cc1ccccc1N(O)C(=O)OC. The third-order valence-electron chi connectivity index (χ3n) is 2.86. The van der Waals surface area contributed by atoms with E-state index in [1.807, 2.05) is 12.1 Å². The highest BCUT2D eigenvalue weighted by atomic mass is 16.6. The lowest BCUT2D eigenvalue weighted by molar-refractivity contribution is 0.140. The predicted molar refractivity (Wildman–Crippen MR) is 69.7 cm³/mol. The first kappa shape index (κ1) is 14.5. The number of methoxy groups -OCH3 is 1. The van der Waals surface area contributed by atoms with Crippen molar-refractivity contribution in [2.24, 2.45) is 0 Å². The monoisotopic (exact) mass is 252 g/mol. The molecule has 0 saturated carbocycles. The molecule has 0 heterocycles. The molecular weight excluding hydrogens is 232 g/mol. The van der Waals surface area contributed by atoms with E-state index < -0.39 is 6.09 Å². The second-order valence-electron chi connectivity index (χ2n) is 3.87. The topological polar surface area (TPSA) is 53.0 Å². The molecule has 0 aliphatic carbocycles. The van der Waals surface area contributed by atoms with Gasteiger partial charge in [-0.15, -0.1) is 0 Å². The molecule has 0 aliphatic rings. The molecule has 0 atom stereocenters. The highest BCUT2D eigenvalue weighted by Crippen LogP contribution is 2.21. The zero-order chi connectivity index (χ0) is 13.5. The van der Waals surface area contributed by atoms with Gasteiger partial charge in [0.15, 0.2) is 0 Å². The van der Waals surface area contributed by atoms with Crippen molar-refractivity contribution in [1.82, 2.24) is 4.90 Å². The second kappa shape index (κ2) is 6.98. The minimum atomic E-state index is -0.790. The Morgan fingerprint density at radius 2 is 1.89 bits per heavy atom. The van der Waals surface area contributed by atoms with Crippen molar-refractivity contribution in [3.05, 3.63) is 29.8 Å². The van der Waals surface area contributed by atoms with E-state index in [0.29, 0.717) is 17.3 Å². The van der Waals surface area contributed by atoms with Crippen LogP contribution in [0.4, 0.5) is 10.5 Å². The first-order valence-electron chi connectivity index (χ1n) is 6.01.